The lowest BCUT2D eigenvalue weighted by Crippen LogP contribution is -2.34. The summed E-state index contributed by atoms with van der Waals surface area (Å²) in [6, 6.07) is 24.0. The van der Waals surface area contributed by atoms with Gasteiger partial charge in [0.15, 0.2) is 0 Å². The van der Waals surface area contributed by atoms with Crippen LogP contribution >= 0.6 is 11.6 Å². The molecule has 0 fully saturated rings. The molecule has 4 aromatic rings. The molecule has 0 saturated heterocycles. The second-order valence-electron chi connectivity index (χ2n) is 7.58. The van der Waals surface area contributed by atoms with Crippen molar-refractivity contribution in [2.24, 2.45) is 0 Å². The number of carbonyl (C=O) groups excluding carboxylic acids is 2. The molecule has 1 aromatic heterocycles. The first kappa shape index (κ1) is 21.7. The van der Waals surface area contributed by atoms with Crippen molar-refractivity contribution in [1.82, 2.24) is 15.6 Å². The lowest BCUT2D eigenvalue weighted by Gasteiger charge is -2.19. The number of H-pyrrole nitrogens is 1. The number of nitrogens with one attached hydrogen (secondary N) is 3. The van der Waals surface area contributed by atoms with Crippen LogP contribution in [-0.4, -0.2) is 23.3 Å². The SMILES string of the molecule is O=C(CC(NC(=O)c1ccccc1Cl)c1ccccc1)NCCc1c[nH]c2ccccc12. The molecule has 1 unspecified atom stereocenters. The molecule has 3 aromatic carbocycles. The largest absolute Gasteiger partial charge is 0.361 e. The Labute approximate surface area is 191 Å². The highest BCUT2D eigenvalue weighted by molar-refractivity contribution is 6.33. The number of hydrogen-bond donors (Lipinski definition) is 3. The summed E-state index contributed by atoms with van der Waals surface area (Å²) < 4.78 is 0. The highest BCUT2D eigenvalue weighted by atomic mass is 35.5. The summed E-state index contributed by atoms with van der Waals surface area (Å²) in [7, 11) is 0. The zero-order chi connectivity index (χ0) is 22.3. The molecule has 1 atom stereocenters. The van der Waals surface area contributed by atoms with Gasteiger partial charge in [-0.25, -0.2) is 0 Å². The van der Waals surface area contributed by atoms with Crippen molar-refractivity contribution in [2.75, 3.05) is 6.54 Å². The van der Waals surface area contributed by atoms with E-state index in [0.717, 1.165) is 28.5 Å². The van der Waals surface area contributed by atoms with Crippen LogP contribution in [0.2, 0.25) is 5.02 Å². The Morgan fingerprint density at radius 1 is 0.906 bits per heavy atom. The fourth-order valence-corrected chi connectivity index (χ4v) is 3.97. The average Bonchev–Trinajstić information content (AvgIpc) is 3.22. The van der Waals surface area contributed by atoms with E-state index in [1.54, 1.807) is 24.3 Å². The molecule has 5 nitrogen and oxygen atoms in total. The predicted molar refractivity (Wildman–Crippen MR) is 128 cm³/mol. The number of aromatic amines is 1. The van der Waals surface area contributed by atoms with Crippen molar-refractivity contribution in [1.29, 1.82) is 0 Å². The second kappa shape index (κ2) is 10.2. The van der Waals surface area contributed by atoms with E-state index in [9.17, 15) is 9.59 Å². The van der Waals surface area contributed by atoms with Crippen LogP contribution in [0.25, 0.3) is 10.9 Å². The van der Waals surface area contributed by atoms with Crippen molar-refractivity contribution in [3.05, 3.63) is 107 Å². The maximum Gasteiger partial charge on any atom is 0.253 e. The van der Waals surface area contributed by atoms with Gasteiger partial charge in [-0.15, -0.1) is 0 Å². The van der Waals surface area contributed by atoms with Gasteiger partial charge in [0.25, 0.3) is 5.91 Å². The van der Waals surface area contributed by atoms with E-state index in [-0.39, 0.29) is 18.2 Å². The van der Waals surface area contributed by atoms with E-state index in [0.29, 0.717) is 17.1 Å². The summed E-state index contributed by atoms with van der Waals surface area (Å²) in [5, 5.41) is 7.48. The third kappa shape index (κ3) is 5.18. The topological polar surface area (TPSA) is 74.0 Å². The zero-order valence-electron chi connectivity index (χ0n) is 17.5. The molecule has 0 aliphatic rings. The maximum atomic E-state index is 12.8. The predicted octanol–water partition coefficient (Wildman–Crippen LogP) is 5.04. The van der Waals surface area contributed by atoms with Crippen LogP contribution in [0.3, 0.4) is 0 Å². The number of aromatic nitrogens is 1. The molecule has 3 N–H and O–H groups in total. The number of benzene rings is 3. The number of hydrogen-bond acceptors (Lipinski definition) is 2. The van der Waals surface area contributed by atoms with Crippen molar-refractivity contribution in [3.63, 3.8) is 0 Å². The van der Waals surface area contributed by atoms with Crippen molar-refractivity contribution in [2.45, 2.75) is 18.9 Å². The Bertz CT molecular complexity index is 1220. The van der Waals surface area contributed by atoms with E-state index in [4.69, 9.17) is 11.6 Å². The fraction of sp³-hybridized carbons (Fsp3) is 0.154. The summed E-state index contributed by atoms with van der Waals surface area (Å²) in [6.45, 7) is 0.515. The minimum absolute atomic E-state index is 0.127. The van der Waals surface area contributed by atoms with Crippen LogP contribution in [0.5, 0.6) is 0 Å². The number of amides is 2. The van der Waals surface area contributed by atoms with Crippen molar-refractivity contribution in [3.8, 4) is 0 Å². The Morgan fingerprint density at radius 2 is 1.62 bits per heavy atom. The number of halogens is 1. The van der Waals surface area contributed by atoms with Crippen molar-refractivity contribution >= 4 is 34.3 Å². The third-order valence-electron chi connectivity index (χ3n) is 5.41. The molecule has 0 spiro atoms. The first-order chi connectivity index (χ1) is 15.6. The number of para-hydroxylation sites is 1. The maximum absolute atomic E-state index is 12.8. The first-order valence-electron chi connectivity index (χ1n) is 10.5. The molecule has 0 bridgehead atoms. The summed E-state index contributed by atoms with van der Waals surface area (Å²) >= 11 is 6.17. The van der Waals surface area contributed by atoms with Gasteiger partial charge in [0.05, 0.1) is 23.0 Å². The van der Waals surface area contributed by atoms with Crippen LogP contribution in [0.15, 0.2) is 85.1 Å². The van der Waals surface area contributed by atoms with E-state index >= 15 is 0 Å². The number of fused-ring (bicyclic) bond motifs is 1. The lowest BCUT2D eigenvalue weighted by atomic mass is 10.0. The summed E-state index contributed by atoms with van der Waals surface area (Å²) in [5.41, 5.74) is 3.49. The highest BCUT2D eigenvalue weighted by Crippen LogP contribution is 2.21. The molecular weight excluding hydrogens is 422 g/mol. The molecule has 0 saturated carbocycles. The minimum atomic E-state index is -0.465. The van der Waals surface area contributed by atoms with Gasteiger partial charge in [-0.3, -0.25) is 9.59 Å². The van der Waals surface area contributed by atoms with Gasteiger partial charge in [0.1, 0.15) is 0 Å². The van der Waals surface area contributed by atoms with E-state index in [1.165, 1.54) is 0 Å². The summed E-state index contributed by atoms with van der Waals surface area (Å²) in [5.74, 6) is -0.436. The molecule has 0 aliphatic carbocycles. The van der Waals surface area contributed by atoms with Crippen LogP contribution in [-0.2, 0) is 11.2 Å². The Morgan fingerprint density at radius 3 is 2.44 bits per heavy atom. The quantitative estimate of drug-likeness (QED) is 0.355. The number of rotatable bonds is 8. The molecule has 1 heterocycles. The second-order valence-corrected chi connectivity index (χ2v) is 7.99. The van der Waals surface area contributed by atoms with Gasteiger partial charge in [-0.05, 0) is 35.7 Å². The summed E-state index contributed by atoms with van der Waals surface area (Å²) in [4.78, 5) is 28.8. The Kier molecular flexibility index (Phi) is 6.87. The molecule has 0 aliphatic heterocycles. The number of carbonyl (C=O) groups is 2. The van der Waals surface area contributed by atoms with Crippen molar-refractivity contribution < 1.29 is 9.59 Å². The third-order valence-corrected chi connectivity index (χ3v) is 5.74. The minimum Gasteiger partial charge on any atom is -0.361 e. The van der Waals surface area contributed by atoms with Crippen LogP contribution in [0, 0.1) is 0 Å². The Balaban J connectivity index is 1.40. The van der Waals surface area contributed by atoms with Gasteiger partial charge in [-0.2, -0.15) is 0 Å². The van der Waals surface area contributed by atoms with Crippen LogP contribution in [0.4, 0.5) is 0 Å². The highest BCUT2D eigenvalue weighted by Gasteiger charge is 2.20. The fourth-order valence-electron chi connectivity index (χ4n) is 3.75. The lowest BCUT2D eigenvalue weighted by molar-refractivity contribution is -0.121. The van der Waals surface area contributed by atoms with E-state index in [2.05, 4.69) is 21.7 Å². The standard InChI is InChI=1S/C26H24ClN3O2/c27-22-12-6-4-11-21(22)26(32)30-24(18-8-2-1-3-9-18)16-25(31)28-15-14-19-17-29-23-13-7-5-10-20(19)23/h1-13,17,24,29H,14-16H2,(H,28,31)(H,30,32). The molecule has 0 radical (unpaired) electrons. The molecule has 6 heteroatoms. The Hall–Kier alpha value is -3.57. The normalized spacial score (nSPS) is 11.8. The summed E-state index contributed by atoms with van der Waals surface area (Å²) in [6.07, 6.45) is 2.83. The molecule has 162 valence electrons. The monoisotopic (exact) mass is 445 g/mol. The van der Waals surface area contributed by atoms with E-state index in [1.807, 2.05) is 54.7 Å². The average molecular weight is 446 g/mol. The van der Waals surface area contributed by atoms with Crippen LogP contribution in [0.1, 0.15) is 33.9 Å². The molecule has 32 heavy (non-hydrogen) atoms. The zero-order valence-corrected chi connectivity index (χ0v) is 18.2. The van der Waals surface area contributed by atoms with Crippen LogP contribution < -0.4 is 10.6 Å². The molecular formula is C26H24ClN3O2. The molecule has 4 rings (SSSR count). The van der Waals surface area contributed by atoms with E-state index < -0.39 is 6.04 Å². The molecule has 2 amide bonds. The van der Waals surface area contributed by atoms with Gasteiger partial charge in [0, 0.05) is 23.6 Å². The van der Waals surface area contributed by atoms with Gasteiger partial charge in [-0.1, -0.05) is 72.3 Å². The van der Waals surface area contributed by atoms with Gasteiger partial charge >= 0.3 is 0 Å². The van der Waals surface area contributed by atoms with Gasteiger partial charge < -0.3 is 15.6 Å². The smallest absolute Gasteiger partial charge is 0.253 e. The first-order valence-corrected chi connectivity index (χ1v) is 10.9. The van der Waals surface area contributed by atoms with Gasteiger partial charge in [0.2, 0.25) is 5.91 Å².